The van der Waals surface area contributed by atoms with Crippen LogP contribution < -0.4 is 10.5 Å². The van der Waals surface area contributed by atoms with Crippen LogP contribution in [0.2, 0.25) is 4.34 Å². The van der Waals surface area contributed by atoms with E-state index < -0.39 is 27.6 Å². The van der Waals surface area contributed by atoms with Gasteiger partial charge in [-0.3, -0.25) is 0 Å². The molecule has 8 heteroatoms. The summed E-state index contributed by atoms with van der Waals surface area (Å²) in [5.74, 6) is -0.764. The molecule has 1 unspecified atom stereocenters. The SMILES string of the molecule is CC(NS(=O)(=O)c1cccc(F)c1N)c1ccc(Cl)s1. The Hall–Kier alpha value is -1.15. The Morgan fingerprint density at radius 1 is 1.35 bits per heavy atom. The van der Waals surface area contributed by atoms with E-state index in [-0.39, 0.29) is 4.90 Å². The van der Waals surface area contributed by atoms with Crippen LogP contribution in [0.4, 0.5) is 10.1 Å². The van der Waals surface area contributed by atoms with Gasteiger partial charge >= 0.3 is 0 Å². The fraction of sp³-hybridized carbons (Fsp3) is 0.167. The van der Waals surface area contributed by atoms with Gasteiger partial charge in [0.25, 0.3) is 0 Å². The van der Waals surface area contributed by atoms with Gasteiger partial charge in [0.1, 0.15) is 10.7 Å². The Kier molecular flexibility index (Phi) is 4.33. The second kappa shape index (κ2) is 5.69. The second-order valence-electron chi connectivity index (χ2n) is 4.14. The van der Waals surface area contributed by atoms with Crippen molar-refractivity contribution in [1.82, 2.24) is 4.72 Å². The number of rotatable bonds is 4. The number of nitrogens with two attached hydrogens (primary N) is 1. The highest BCUT2D eigenvalue weighted by atomic mass is 35.5. The minimum Gasteiger partial charge on any atom is -0.395 e. The van der Waals surface area contributed by atoms with Gasteiger partial charge in [0.2, 0.25) is 10.0 Å². The first-order chi connectivity index (χ1) is 9.31. The highest BCUT2D eigenvalue weighted by molar-refractivity contribution is 7.89. The molecular weight excluding hydrogens is 323 g/mol. The summed E-state index contributed by atoms with van der Waals surface area (Å²) in [5.41, 5.74) is 5.08. The number of hydrogen-bond acceptors (Lipinski definition) is 4. The smallest absolute Gasteiger partial charge is 0.243 e. The van der Waals surface area contributed by atoms with Crippen LogP contribution in [0.3, 0.4) is 0 Å². The number of thiophene rings is 1. The van der Waals surface area contributed by atoms with Crippen LogP contribution in [-0.2, 0) is 10.0 Å². The van der Waals surface area contributed by atoms with Crippen LogP contribution in [0.15, 0.2) is 35.2 Å². The van der Waals surface area contributed by atoms with E-state index in [0.717, 1.165) is 10.9 Å². The van der Waals surface area contributed by atoms with Crippen LogP contribution in [0.25, 0.3) is 0 Å². The molecule has 0 aliphatic carbocycles. The van der Waals surface area contributed by atoms with E-state index in [4.69, 9.17) is 17.3 Å². The highest BCUT2D eigenvalue weighted by Gasteiger charge is 2.22. The summed E-state index contributed by atoms with van der Waals surface area (Å²) in [6, 6.07) is 6.59. The highest BCUT2D eigenvalue weighted by Crippen LogP contribution is 2.28. The molecule has 1 aromatic heterocycles. The van der Waals surface area contributed by atoms with E-state index >= 15 is 0 Å². The number of para-hydroxylation sites is 1. The molecule has 20 heavy (non-hydrogen) atoms. The third-order valence-electron chi connectivity index (χ3n) is 2.66. The zero-order valence-electron chi connectivity index (χ0n) is 10.4. The Balaban J connectivity index is 2.30. The lowest BCUT2D eigenvalue weighted by atomic mass is 10.3. The van der Waals surface area contributed by atoms with Crippen LogP contribution in [0.5, 0.6) is 0 Å². The van der Waals surface area contributed by atoms with Crippen molar-refractivity contribution in [3.8, 4) is 0 Å². The monoisotopic (exact) mass is 334 g/mol. The molecule has 3 N–H and O–H groups in total. The van der Waals surface area contributed by atoms with E-state index in [1.807, 2.05) is 0 Å². The molecule has 0 aliphatic heterocycles. The van der Waals surface area contributed by atoms with Crippen LogP contribution in [-0.4, -0.2) is 8.42 Å². The Morgan fingerprint density at radius 2 is 2.05 bits per heavy atom. The summed E-state index contributed by atoms with van der Waals surface area (Å²) >= 11 is 7.08. The van der Waals surface area contributed by atoms with Crippen molar-refractivity contribution in [2.75, 3.05) is 5.73 Å². The molecule has 1 aromatic carbocycles. The summed E-state index contributed by atoms with van der Waals surface area (Å²) in [4.78, 5) is 0.487. The number of sulfonamides is 1. The van der Waals surface area contributed by atoms with E-state index in [9.17, 15) is 12.8 Å². The fourth-order valence-electron chi connectivity index (χ4n) is 1.67. The average Bonchev–Trinajstić information content (AvgIpc) is 2.79. The van der Waals surface area contributed by atoms with Gasteiger partial charge in [0, 0.05) is 4.88 Å². The van der Waals surface area contributed by atoms with Gasteiger partial charge in [0.05, 0.1) is 16.1 Å². The second-order valence-corrected chi connectivity index (χ2v) is 7.57. The quantitative estimate of drug-likeness (QED) is 0.843. The van der Waals surface area contributed by atoms with Gasteiger partial charge in [-0.25, -0.2) is 17.5 Å². The van der Waals surface area contributed by atoms with Crippen molar-refractivity contribution < 1.29 is 12.8 Å². The zero-order valence-corrected chi connectivity index (χ0v) is 12.8. The van der Waals surface area contributed by atoms with Crippen LogP contribution in [0.1, 0.15) is 17.8 Å². The lowest BCUT2D eigenvalue weighted by Gasteiger charge is -2.14. The molecule has 0 amide bonds. The average molecular weight is 335 g/mol. The summed E-state index contributed by atoms with van der Waals surface area (Å²) < 4.78 is 40.8. The van der Waals surface area contributed by atoms with Gasteiger partial charge < -0.3 is 5.73 Å². The summed E-state index contributed by atoms with van der Waals surface area (Å²) in [5, 5.41) is 0. The molecule has 0 saturated carbocycles. The third kappa shape index (κ3) is 3.12. The molecule has 4 nitrogen and oxygen atoms in total. The number of hydrogen-bond donors (Lipinski definition) is 2. The number of nitrogen functional groups attached to an aromatic ring is 1. The molecule has 0 aliphatic rings. The number of benzene rings is 1. The van der Waals surface area contributed by atoms with Gasteiger partial charge in [-0.05, 0) is 31.2 Å². The molecule has 2 aromatic rings. The standard InChI is InChI=1S/C12H12ClFN2O2S2/c1-7(9-5-6-11(13)19-9)16-20(17,18)10-4-2-3-8(14)12(10)15/h2-7,16H,15H2,1H3. The molecule has 0 saturated heterocycles. The molecular formula is C12H12ClFN2O2S2. The lowest BCUT2D eigenvalue weighted by Crippen LogP contribution is -2.27. The first-order valence-electron chi connectivity index (χ1n) is 5.63. The first-order valence-corrected chi connectivity index (χ1v) is 8.30. The summed E-state index contributed by atoms with van der Waals surface area (Å²) in [6.07, 6.45) is 0. The van der Waals surface area contributed by atoms with Gasteiger partial charge in [-0.15, -0.1) is 11.3 Å². The largest absolute Gasteiger partial charge is 0.395 e. The summed E-state index contributed by atoms with van der Waals surface area (Å²) in [7, 11) is -3.90. The Labute approximate surface area is 125 Å². The molecule has 1 atom stereocenters. The van der Waals surface area contributed by atoms with E-state index in [1.54, 1.807) is 19.1 Å². The maximum Gasteiger partial charge on any atom is 0.243 e. The van der Waals surface area contributed by atoms with Gasteiger partial charge in [0.15, 0.2) is 0 Å². The minimum absolute atomic E-state index is 0.271. The molecule has 0 fully saturated rings. The third-order valence-corrected chi connectivity index (χ3v) is 5.67. The molecule has 108 valence electrons. The molecule has 2 rings (SSSR count). The van der Waals surface area contributed by atoms with E-state index in [2.05, 4.69) is 4.72 Å². The van der Waals surface area contributed by atoms with E-state index in [0.29, 0.717) is 4.34 Å². The maximum absolute atomic E-state index is 13.3. The minimum atomic E-state index is -3.90. The normalized spacial score (nSPS) is 13.3. The topological polar surface area (TPSA) is 72.2 Å². The first kappa shape index (κ1) is 15.2. The number of nitrogens with one attached hydrogen (secondary N) is 1. The predicted molar refractivity (Wildman–Crippen MR) is 78.9 cm³/mol. The maximum atomic E-state index is 13.3. The molecule has 0 bridgehead atoms. The Bertz CT molecular complexity index is 731. The van der Waals surface area contributed by atoms with Crippen molar-refractivity contribution in [3.63, 3.8) is 0 Å². The van der Waals surface area contributed by atoms with Crippen molar-refractivity contribution in [2.45, 2.75) is 17.9 Å². The Morgan fingerprint density at radius 3 is 2.65 bits per heavy atom. The van der Waals surface area contributed by atoms with Crippen LogP contribution >= 0.6 is 22.9 Å². The lowest BCUT2D eigenvalue weighted by molar-refractivity contribution is 0.566. The van der Waals surface area contributed by atoms with Crippen molar-refractivity contribution >= 4 is 38.6 Å². The van der Waals surface area contributed by atoms with Crippen molar-refractivity contribution in [2.24, 2.45) is 0 Å². The van der Waals surface area contributed by atoms with Crippen molar-refractivity contribution in [1.29, 1.82) is 0 Å². The van der Waals surface area contributed by atoms with E-state index in [1.165, 1.54) is 23.5 Å². The fourth-order valence-corrected chi connectivity index (χ4v) is 4.17. The summed E-state index contributed by atoms with van der Waals surface area (Å²) in [6.45, 7) is 1.68. The van der Waals surface area contributed by atoms with Gasteiger partial charge in [-0.2, -0.15) is 0 Å². The molecule has 0 radical (unpaired) electrons. The van der Waals surface area contributed by atoms with Gasteiger partial charge in [-0.1, -0.05) is 17.7 Å². The molecule has 0 spiro atoms. The van der Waals surface area contributed by atoms with Crippen molar-refractivity contribution in [3.05, 3.63) is 45.4 Å². The predicted octanol–water partition coefficient (Wildman–Crippen LogP) is 3.16. The zero-order chi connectivity index (χ0) is 14.9. The molecule has 1 heterocycles. The van der Waals surface area contributed by atoms with Crippen LogP contribution in [0, 0.1) is 5.82 Å². The number of halogens is 2. The number of anilines is 1.